The summed E-state index contributed by atoms with van der Waals surface area (Å²) < 4.78 is 5.63. The van der Waals surface area contributed by atoms with E-state index in [9.17, 15) is 4.79 Å². The lowest BCUT2D eigenvalue weighted by Crippen LogP contribution is -2.48. The highest BCUT2D eigenvalue weighted by Crippen LogP contribution is 2.24. The molecule has 2 aromatic heterocycles. The van der Waals surface area contributed by atoms with Crippen LogP contribution in [-0.2, 0) is 17.8 Å². The summed E-state index contributed by atoms with van der Waals surface area (Å²) in [5.41, 5.74) is 3.96. The van der Waals surface area contributed by atoms with Crippen molar-refractivity contribution in [3.63, 3.8) is 0 Å². The molecule has 6 heteroatoms. The van der Waals surface area contributed by atoms with Crippen LogP contribution in [0.25, 0.3) is 11.0 Å². The first-order valence-corrected chi connectivity index (χ1v) is 10.2. The Hall–Kier alpha value is -2.73. The third-order valence-electron chi connectivity index (χ3n) is 5.76. The molecule has 0 radical (unpaired) electrons. The van der Waals surface area contributed by atoms with E-state index in [-0.39, 0.29) is 5.91 Å². The van der Waals surface area contributed by atoms with Gasteiger partial charge in [-0.2, -0.15) is 0 Å². The van der Waals surface area contributed by atoms with Crippen LogP contribution in [0.4, 0.5) is 0 Å². The molecule has 6 nitrogen and oxygen atoms in total. The Morgan fingerprint density at radius 2 is 2.17 bits per heavy atom. The monoisotopic (exact) mass is 392 g/mol. The number of benzene rings is 1. The second-order valence-corrected chi connectivity index (χ2v) is 8.10. The van der Waals surface area contributed by atoms with Crippen LogP contribution in [0.1, 0.15) is 35.5 Å². The predicted octanol–water partition coefficient (Wildman–Crippen LogP) is 3.51. The zero-order chi connectivity index (χ0) is 20.4. The summed E-state index contributed by atoms with van der Waals surface area (Å²) in [6.07, 6.45) is 6.01. The molecule has 1 aliphatic rings. The van der Waals surface area contributed by atoms with E-state index < -0.39 is 0 Å². The molecule has 1 amide bonds. The first-order valence-electron chi connectivity index (χ1n) is 10.2. The fourth-order valence-corrected chi connectivity index (χ4v) is 4.08. The van der Waals surface area contributed by atoms with Crippen molar-refractivity contribution in [2.75, 3.05) is 20.1 Å². The van der Waals surface area contributed by atoms with Gasteiger partial charge in [0.15, 0.2) is 0 Å². The molecule has 1 atom stereocenters. The maximum atomic E-state index is 13.0. The highest BCUT2D eigenvalue weighted by molar-refractivity contribution is 5.88. The minimum atomic E-state index is 0.166. The molecule has 1 aromatic carbocycles. The molecule has 4 rings (SSSR count). The van der Waals surface area contributed by atoms with Crippen molar-refractivity contribution in [2.45, 2.75) is 45.7 Å². The zero-order valence-corrected chi connectivity index (χ0v) is 17.4. The summed E-state index contributed by atoms with van der Waals surface area (Å²) in [5, 5.41) is 1.04. The van der Waals surface area contributed by atoms with E-state index in [4.69, 9.17) is 4.42 Å². The van der Waals surface area contributed by atoms with Crippen molar-refractivity contribution in [1.29, 1.82) is 0 Å². The third-order valence-corrected chi connectivity index (χ3v) is 5.76. The second-order valence-electron chi connectivity index (χ2n) is 8.10. The van der Waals surface area contributed by atoms with Crippen LogP contribution in [0.2, 0.25) is 0 Å². The lowest BCUT2D eigenvalue weighted by Gasteiger charge is -2.37. The molecule has 0 N–H and O–H groups in total. The molecular formula is C23H28N4O2. The van der Waals surface area contributed by atoms with Gasteiger partial charge in [0.2, 0.25) is 5.91 Å². The summed E-state index contributed by atoms with van der Waals surface area (Å²) in [6.45, 7) is 6.29. The van der Waals surface area contributed by atoms with E-state index >= 15 is 0 Å². The molecule has 3 heterocycles. The van der Waals surface area contributed by atoms with Gasteiger partial charge in [-0.1, -0.05) is 11.6 Å². The van der Waals surface area contributed by atoms with E-state index in [0.717, 1.165) is 54.0 Å². The van der Waals surface area contributed by atoms with E-state index in [1.165, 1.54) is 5.56 Å². The minimum absolute atomic E-state index is 0.166. The van der Waals surface area contributed by atoms with Gasteiger partial charge in [0.1, 0.15) is 11.4 Å². The van der Waals surface area contributed by atoms with Gasteiger partial charge in [0.25, 0.3) is 0 Å². The van der Waals surface area contributed by atoms with Gasteiger partial charge < -0.3 is 9.32 Å². The molecule has 1 saturated heterocycles. The van der Waals surface area contributed by atoms with Gasteiger partial charge in [-0.15, -0.1) is 0 Å². The number of carbonyl (C=O) groups excluding carboxylic acids is 1. The maximum Gasteiger partial charge on any atom is 0.227 e. The SMILES string of the molecule is Cc1ccc2occ(CC(=O)N3CCC[C@H](N(C)Cc4nccc(C)n4)C3)c2c1. The number of fused-ring (bicyclic) bond motifs is 1. The zero-order valence-electron chi connectivity index (χ0n) is 17.4. The van der Waals surface area contributed by atoms with Crippen LogP contribution in [0.5, 0.6) is 0 Å². The maximum absolute atomic E-state index is 13.0. The Kier molecular flexibility index (Phi) is 5.62. The number of hydrogen-bond acceptors (Lipinski definition) is 5. The Labute approximate surface area is 171 Å². The molecule has 0 aliphatic carbocycles. The molecule has 29 heavy (non-hydrogen) atoms. The number of furan rings is 1. The molecular weight excluding hydrogens is 364 g/mol. The number of rotatable bonds is 5. The normalized spacial score (nSPS) is 17.2. The fraction of sp³-hybridized carbons (Fsp3) is 0.435. The molecule has 0 saturated carbocycles. The summed E-state index contributed by atoms with van der Waals surface area (Å²) >= 11 is 0. The largest absolute Gasteiger partial charge is 0.464 e. The molecule has 1 fully saturated rings. The average Bonchev–Trinajstić information content (AvgIpc) is 3.10. The van der Waals surface area contributed by atoms with Crippen LogP contribution in [0.15, 0.2) is 41.1 Å². The number of likely N-dealkylation sites (N-methyl/N-ethyl adjacent to an activating group) is 1. The average molecular weight is 393 g/mol. The van der Waals surface area contributed by atoms with E-state index in [1.54, 1.807) is 12.5 Å². The predicted molar refractivity (Wildman–Crippen MR) is 112 cm³/mol. The van der Waals surface area contributed by atoms with Gasteiger partial charge in [0, 0.05) is 42.0 Å². The highest BCUT2D eigenvalue weighted by atomic mass is 16.3. The number of nitrogens with zero attached hydrogens (tertiary/aromatic N) is 4. The second kappa shape index (κ2) is 8.33. The summed E-state index contributed by atoms with van der Waals surface area (Å²) in [5.74, 6) is 0.996. The van der Waals surface area contributed by atoms with E-state index in [2.05, 4.69) is 34.9 Å². The summed E-state index contributed by atoms with van der Waals surface area (Å²) in [7, 11) is 2.09. The van der Waals surface area contributed by atoms with Crippen LogP contribution in [0.3, 0.4) is 0 Å². The van der Waals surface area contributed by atoms with E-state index in [1.807, 2.05) is 30.0 Å². The molecule has 0 bridgehead atoms. The van der Waals surface area contributed by atoms with Crippen LogP contribution >= 0.6 is 0 Å². The standard InChI is InChI=1S/C23H28N4O2/c1-16-6-7-21-20(11-16)18(15-29-21)12-23(28)27-10-4-5-19(13-27)26(3)14-22-24-9-8-17(2)25-22/h6-9,11,15,19H,4-5,10,12-14H2,1-3H3/t19-/m0/s1. The van der Waals surface area contributed by atoms with Crippen LogP contribution in [0, 0.1) is 13.8 Å². The smallest absolute Gasteiger partial charge is 0.227 e. The highest BCUT2D eigenvalue weighted by Gasteiger charge is 2.27. The Bertz CT molecular complexity index is 1010. The number of piperidine rings is 1. The minimum Gasteiger partial charge on any atom is -0.464 e. The van der Waals surface area contributed by atoms with Crippen LogP contribution in [-0.4, -0.2) is 51.9 Å². The molecule has 0 spiro atoms. The van der Waals surface area contributed by atoms with Crippen LogP contribution < -0.4 is 0 Å². The van der Waals surface area contributed by atoms with Gasteiger partial charge in [0.05, 0.1) is 19.2 Å². The van der Waals surface area contributed by atoms with Gasteiger partial charge in [-0.05, 0) is 51.9 Å². The molecule has 3 aromatic rings. The van der Waals surface area contributed by atoms with Crippen molar-refractivity contribution in [2.24, 2.45) is 0 Å². The number of likely N-dealkylation sites (tertiary alicyclic amines) is 1. The van der Waals surface area contributed by atoms with Crippen molar-refractivity contribution in [1.82, 2.24) is 19.8 Å². The Balaban J connectivity index is 1.40. The lowest BCUT2D eigenvalue weighted by molar-refractivity contribution is -0.132. The Morgan fingerprint density at radius 3 is 3.00 bits per heavy atom. The van der Waals surface area contributed by atoms with Gasteiger partial charge >= 0.3 is 0 Å². The van der Waals surface area contributed by atoms with Crippen molar-refractivity contribution < 1.29 is 9.21 Å². The lowest BCUT2D eigenvalue weighted by atomic mass is 10.0. The fourth-order valence-electron chi connectivity index (χ4n) is 4.08. The third kappa shape index (κ3) is 4.48. The number of amides is 1. The summed E-state index contributed by atoms with van der Waals surface area (Å²) in [6, 6.07) is 8.32. The van der Waals surface area contributed by atoms with Gasteiger partial charge in [-0.3, -0.25) is 9.69 Å². The van der Waals surface area contributed by atoms with Crippen molar-refractivity contribution >= 4 is 16.9 Å². The topological polar surface area (TPSA) is 62.5 Å². The molecule has 1 aliphatic heterocycles. The first-order chi connectivity index (χ1) is 14.0. The van der Waals surface area contributed by atoms with E-state index in [0.29, 0.717) is 19.0 Å². The van der Waals surface area contributed by atoms with Gasteiger partial charge in [-0.25, -0.2) is 9.97 Å². The molecule has 152 valence electrons. The number of aryl methyl sites for hydroxylation is 2. The quantitative estimate of drug-likeness (QED) is 0.665. The first kappa shape index (κ1) is 19.6. The Morgan fingerprint density at radius 1 is 1.31 bits per heavy atom. The number of hydrogen-bond donors (Lipinski definition) is 0. The van der Waals surface area contributed by atoms with Crippen molar-refractivity contribution in [3.05, 3.63) is 59.4 Å². The number of aromatic nitrogens is 2. The van der Waals surface area contributed by atoms with Crippen molar-refractivity contribution in [3.8, 4) is 0 Å². The number of carbonyl (C=O) groups is 1. The summed E-state index contributed by atoms with van der Waals surface area (Å²) in [4.78, 5) is 26.1. The molecule has 0 unspecified atom stereocenters.